The lowest BCUT2D eigenvalue weighted by Crippen LogP contribution is -2.31. The van der Waals surface area contributed by atoms with E-state index in [0.717, 1.165) is 11.3 Å². The number of pyridine rings is 1. The van der Waals surface area contributed by atoms with Crippen molar-refractivity contribution < 1.29 is 8.42 Å². The highest BCUT2D eigenvalue weighted by molar-refractivity contribution is 7.92. The molecular formula is C21H19N3O2S. The molecule has 0 aliphatic heterocycles. The van der Waals surface area contributed by atoms with Crippen LogP contribution >= 0.6 is 0 Å². The van der Waals surface area contributed by atoms with E-state index in [0.29, 0.717) is 11.5 Å². The molecule has 0 fully saturated rings. The van der Waals surface area contributed by atoms with Gasteiger partial charge >= 0.3 is 0 Å². The highest BCUT2D eigenvalue weighted by atomic mass is 32.2. The fourth-order valence-corrected chi connectivity index (χ4v) is 4.56. The number of rotatable bonds is 5. The van der Waals surface area contributed by atoms with Crippen LogP contribution in [0.25, 0.3) is 5.65 Å². The van der Waals surface area contributed by atoms with Crippen LogP contribution in [0.5, 0.6) is 0 Å². The van der Waals surface area contributed by atoms with E-state index in [1.807, 2.05) is 66.1 Å². The van der Waals surface area contributed by atoms with Gasteiger partial charge in [-0.2, -0.15) is 0 Å². The average molecular weight is 377 g/mol. The van der Waals surface area contributed by atoms with Gasteiger partial charge in [-0.1, -0.05) is 54.6 Å². The fourth-order valence-electron chi connectivity index (χ4n) is 3.08. The lowest BCUT2D eigenvalue weighted by Gasteiger charge is -2.23. The first-order valence-corrected chi connectivity index (χ1v) is 10.1. The molecule has 0 spiro atoms. The molecule has 2 aromatic heterocycles. The molecule has 6 heteroatoms. The maximum atomic E-state index is 13.4. The van der Waals surface area contributed by atoms with Gasteiger partial charge in [0.15, 0.2) is 5.82 Å². The summed E-state index contributed by atoms with van der Waals surface area (Å²) in [4.78, 5) is 4.86. The zero-order valence-electron chi connectivity index (χ0n) is 14.9. The topological polar surface area (TPSA) is 54.7 Å². The second-order valence-corrected chi connectivity index (χ2v) is 8.12. The third-order valence-electron chi connectivity index (χ3n) is 4.48. The number of fused-ring (bicyclic) bond motifs is 1. The summed E-state index contributed by atoms with van der Waals surface area (Å²) in [6, 6.07) is 23.7. The number of nitrogens with zero attached hydrogens (tertiary/aromatic N) is 3. The molecular weight excluding hydrogens is 358 g/mol. The number of aromatic nitrogens is 2. The highest BCUT2D eigenvalue weighted by Gasteiger charge is 2.29. The van der Waals surface area contributed by atoms with Crippen molar-refractivity contribution in [2.45, 2.75) is 18.4 Å². The van der Waals surface area contributed by atoms with Gasteiger partial charge in [0, 0.05) is 6.20 Å². The molecule has 0 saturated carbocycles. The van der Waals surface area contributed by atoms with Crippen LogP contribution in [0, 0.1) is 6.92 Å². The maximum absolute atomic E-state index is 13.4. The standard InChI is InChI=1S/C21H19N3O2S/c1-17-21(22-20-14-8-9-15-23(17)20)24(16-18-10-4-2-5-11-18)27(25,26)19-12-6-3-7-13-19/h2-15H,16H2,1H3. The van der Waals surface area contributed by atoms with E-state index in [1.165, 1.54) is 4.31 Å². The Hall–Kier alpha value is -3.12. The number of benzene rings is 2. The molecule has 0 N–H and O–H groups in total. The van der Waals surface area contributed by atoms with Crippen molar-refractivity contribution >= 4 is 21.5 Å². The first-order valence-electron chi connectivity index (χ1n) is 8.63. The maximum Gasteiger partial charge on any atom is 0.265 e. The number of imidazole rings is 1. The summed E-state index contributed by atoms with van der Waals surface area (Å²) < 4.78 is 30.2. The van der Waals surface area contributed by atoms with Crippen LogP contribution in [0.2, 0.25) is 0 Å². The zero-order chi connectivity index (χ0) is 18.9. The van der Waals surface area contributed by atoms with Crippen molar-refractivity contribution in [2.75, 3.05) is 4.31 Å². The van der Waals surface area contributed by atoms with E-state index in [4.69, 9.17) is 0 Å². The van der Waals surface area contributed by atoms with Gasteiger partial charge in [0.1, 0.15) is 5.65 Å². The number of sulfonamides is 1. The molecule has 4 aromatic rings. The smallest absolute Gasteiger partial charge is 0.265 e. The van der Waals surface area contributed by atoms with Crippen molar-refractivity contribution in [1.82, 2.24) is 9.38 Å². The number of anilines is 1. The predicted octanol–water partition coefficient (Wildman–Crippen LogP) is 4.04. The molecule has 136 valence electrons. The lowest BCUT2D eigenvalue weighted by atomic mass is 10.2. The monoisotopic (exact) mass is 377 g/mol. The first kappa shape index (κ1) is 17.3. The van der Waals surface area contributed by atoms with Crippen molar-refractivity contribution in [3.05, 3.63) is 96.3 Å². The molecule has 0 atom stereocenters. The molecule has 27 heavy (non-hydrogen) atoms. The van der Waals surface area contributed by atoms with E-state index >= 15 is 0 Å². The molecule has 2 heterocycles. The Bertz CT molecular complexity index is 1170. The molecule has 5 nitrogen and oxygen atoms in total. The molecule has 0 bridgehead atoms. The van der Waals surface area contributed by atoms with Gasteiger partial charge in [-0.3, -0.25) is 0 Å². The second kappa shape index (κ2) is 6.89. The minimum atomic E-state index is -3.76. The first-order chi connectivity index (χ1) is 13.1. The van der Waals surface area contributed by atoms with Crippen molar-refractivity contribution in [2.24, 2.45) is 0 Å². The molecule has 2 aromatic carbocycles. The van der Waals surface area contributed by atoms with Gasteiger partial charge < -0.3 is 4.40 Å². The van der Waals surface area contributed by atoms with Crippen LogP contribution in [-0.2, 0) is 16.6 Å². The number of hydrogen-bond donors (Lipinski definition) is 0. The Kier molecular flexibility index (Phi) is 4.41. The number of hydrogen-bond acceptors (Lipinski definition) is 3. The van der Waals surface area contributed by atoms with Crippen molar-refractivity contribution in [3.63, 3.8) is 0 Å². The quantitative estimate of drug-likeness (QED) is 0.527. The van der Waals surface area contributed by atoms with Gasteiger partial charge in [-0.05, 0) is 36.8 Å². The Morgan fingerprint density at radius 3 is 2.19 bits per heavy atom. The van der Waals surface area contributed by atoms with E-state index in [2.05, 4.69) is 4.98 Å². The lowest BCUT2D eigenvalue weighted by molar-refractivity contribution is 0.589. The van der Waals surface area contributed by atoms with Crippen LogP contribution in [0.1, 0.15) is 11.3 Å². The Labute approximate surface area is 158 Å². The Morgan fingerprint density at radius 1 is 0.889 bits per heavy atom. The van der Waals surface area contributed by atoms with Gasteiger partial charge in [-0.25, -0.2) is 17.7 Å². The summed E-state index contributed by atoms with van der Waals surface area (Å²) in [6.45, 7) is 2.09. The van der Waals surface area contributed by atoms with Crippen molar-refractivity contribution in [3.8, 4) is 0 Å². The SMILES string of the molecule is Cc1c(N(Cc2ccccc2)S(=O)(=O)c2ccccc2)nc2ccccn12. The fraction of sp³-hybridized carbons (Fsp3) is 0.0952. The Morgan fingerprint density at radius 2 is 1.52 bits per heavy atom. The molecule has 0 aliphatic carbocycles. The van der Waals surface area contributed by atoms with Crippen LogP contribution in [0.4, 0.5) is 5.82 Å². The van der Waals surface area contributed by atoms with Gasteiger partial charge in [0.05, 0.1) is 17.1 Å². The summed E-state index contributed by atoms with van der Waals surface area (Å²) in [5.74, 6) is 0.439. The summed E-state index contributed by atoms with van der Waals surface area (Å²) in [6.07, 6.45) is 1.89. The number of aryl methyl sites for hydroxylation is 1. The summed E-state index contributed by atoms with van der Waals surface area (Å²) in [5, 5.41) is 0. The van der Waals surface area contributed by atoms with Gasteiger partial charge in [0.25, 0.3) is 10.0 Å². The van der Waals surface area contributed by atoms with Crippen LogP contribution in [0.15, 0.2) is 90.0 Å². The molecule has 0 amide bonds. The second-order valence-electron chi connectivity index (χ2n) is 6.26. The van der Waals surface area contributed by atoms with E-state index < -0.39 is 10.0 Å². The van der Waals surface area contributed by atoms with E-state index in [9.17, 15) is 8.42 Å². The predicted molar refractivity (Wildman–Crippen MR) is 106 cm³/mol. The molecule has 0 unspecified atom stereocenters. The van der Waals surface area contributed by atoms with Gasteiger partial charge in [-0.15, -0.1) is 0 Å². The van der Waals surface area contributed by atoms with Crippen molar-refractivity contribution in [1.29, 1.82) is 0 Å². The molecule has 0 aliphatic rings. The van der Waals surface area contributed by atoms with Crippen LogP contribution < -0.4 is 4.31 Å². The normalized spacial score (nSPS) is 11.6. The highest BCUT2D eigenvalue weighted by Crippen LogP contribution is 2.28. The third kappa shape index (κ3) is 3.19. The summed E-state index contributed by atoms with van der Waals surface area (Å²) in [5.41, 5.74) is 2.39. The molecule has 0 radical (unpaired) electrons. The summed E-state index contributed by atoms with van der Waals surface area (Å²) in [7, 11) is -3.76. The van der Waals surface area contributed by atoms with E-state index in [-0.39, 0.29) is 11.4 Å². The minimum absolute atomic E-state index is 0.211. The van der Waals surface area contributed by atoms with Crippen LogP contribution in [-0.4, -0.2) is 17.8 Å². The molecule has 4 rings (SSSR count). The summed E-state index contributed by atoms with van der Waals surface area (Å²) >= 11 is 0. The van der Waals surface area contributed by atoms with Crippen LogP contribution in [0.3, 0.4) is 0 Å². The van der Waals surface area contributed by atoms with Gasteiger partial charge in [0.2, 0.25) is 0 Å². The third-order valence-corrected chi connectivity index (χ3v) is 6.23. The zero-order valence-corrected chi connectivity index (χ0v) is 15.7. The van der Waals surface area contributed by atoms with E-state index in [1.54, 1.807) is 30.3 Å². The average Bonchev–Trinajstić information content (AvgIpc) is 3.04. The Balaban J connectivity index is 1.89. The minimum Gasteiger partial charge on any atom is -0.302 e. The largest absolute Gasteiger partial charge is 0.302 e. The molecule has 0 saturated heterocycles.